The molecule has 0 heterocycles. The van der Waals surface area contributed by atoms with E-state index in [1.165, 1.54) is 0 Å². The Balaban J connectivity index is 2.83. The van der Waals surface area contributed by atoms with Crippen LogP contribution in [0.1, 0.15) is 13.8 Å². The van der Waals surface area contributed by atoms with Gasteiger partial charge in [-0.25, -0.2) is 0 Å². The predicted octanol–water partition coefficient (Wildman–Crippen LogP) is 0.341. The van der Waals surface area contributed by atoms with Crippen LogP contribution in [-0.2, 0) is 4.74 Å². The third-order valence-corrected chi connectivity index (χ3v) is 0.595. The monoisotopic (exact) mass is 152 g/mol. The van der Waals surface area contributed by atoms with E-state index in [-0.39, 0.29) is 0 Å². The Morgan fingerprint density at radius 3 is 2.33 bits per heavy atom. The summed E-state index contributed by atoms with van der Waals surface area (Å²) >= 11 is 2.74. The fourth-order valence-corrected chi connectivity index (χ4v) is 0.451. The summed E-state index contributed by atoms with van der Waals surface area (Å²) in [6.07, 6.45) is 0. The third-order valence-electron chi connectivity index (χ3n) is 0.348. The summed E-state index contributed by atoms with van der Waals surface area (Å²) < 4.78 is 5.82. The maximum atomic E-state index is 4.90. The minimum atomic E-state index is 0.763. The van der Waals surface area contributed by atoms with Crippen molar-refractivity contribution in [2.24, 2.45) is 0 Å². The number of ether oxygens (including phenoxy) is 1. The second kappa shape index (κ2) is 3.38. The number of hydrogen-bond donors (Lipinski definition) is 0. The molecular formula is C4H8OSe. The first-order valence-electron chi connectivity index (χ1n) is 1.90. The van der Waals surface area contributed by atoms with Crippen LogP contribution in [0, 0.1) is 0 Å². The van der Waals surface area contributed by atoms with Gasteiger partial charge in [0.05, 0.1) is 0 Å². The van der Waals surface area contributed by atoms with E-state index in [1.54, 1.807) is 0 Å². The molecule has 6 heavy (non-hydrogen) atoms. The Kier molecular flexibility index (Phi) is 3.49. The second-order valence-electron chi connectivity index (χ2n) is 0.925. The van der Waals surface area contributed by atoms with Gasteiger partial charge in [-0.2, -0.15) is 0 Å². The van der Waals surface area contributed by atoms with E-state index >= 15 is 0 Å². The molecule has 2 heteroatoms. The summed E-state index contributed by atoms with van der Waals surface area (Å²) in [6, 6.07) is 0. The Morgan fingerprint density at radius 1 is 1.83 bits per heavy atom. The van der Waals surface area contributed by atoms with Gasteiger partial charge >= 0.3 is 45.4 Å². The molecule has 0 atom stereocenters. The van der Waals surface area contributed by atoms with Gasteiger partial charge in [-0.05, 0) is 0 Å². The van der Waals surface area contributed by atoms with Crippen molar-refractivity contribution in [3.05, 3.63) is 0 Å². The normalized spacial score (nSPS) is 7.67. The van der Waals surface area contributed by atoms with Crippen molar-refractivity contribution in [3.63, 3.8) is 0 Å². The van der Waals surface area contributed by atoms with E-state index in [9.17, 15) is 0 Å². The van der Waals surface area contributed by atoms with Crippen molar-refractivity contribution >= 4 is 20.2 Å². The average molecular weight is 151 g/mol. The van der Waals surface area contributed by atoms with Crippen LogP contribution < -0.4 is 0 Å². The van der Waals surface area contributed by atoms with E-state index in [2.05, 4.69) is 15.6 Å². The van der Waals surface area contributed by atoms with Crippen LogP contribution in [0.15, 0.2) is 0 Å². The van der Waals surface area contributed by atoms with Gasteiger partial charge in [-0.3, -0.25) is 0 Å². The van der Waals surface area contributed by atoms with E-state index in [0.717, 1.165) is 11.2 Å². The van der Waals surface area contributed by atoms with Crippen molar-refractivity contribution < 1.29 is 4.74 Å². The summed E-state index contributed by atoms with van der Waals surface area (Å²) in [5.74, 6) is 0. The van der Waals surface area contributed by atoms with Crippen molar-refractivity contribution in [1.82, 2.24) is 0 Å². The summed E-state index contributed by atoms with van der Waals surface area (Å²) in [7, 11) is 0. The molecule has 0 amide bonds. The standard InChI is InChI=1S/C4H8OSe/c1-3-5-4(2)6/h3H2,1-2H3. The van der Waals surface area contributed by atoms with Gasteiger partial charge in [0.1, 0.15) is 0 Å². The SMILES string of the molecule is CCOC(C)=[Se]. The summed E-state index contributed by atoms with van der Waals surface area (Å²) in [4.78, 5) is 0. The van der Waals surface area contributed by atoms with E-state index in [1.807, 2.05) is 13.8 Å². The average Bonchev–Trinajstić information content (AvgIpc) is 1.35. The van der Waals surface area contributed by atoms with Gasteiger partial charge in [-0.1, -0.05) is 0 Å². The molecule has 0 saturated carbocycles. The Labute approximate surface area is 46.0 Å². The summed E-state index contributed by atoms with van der Waals surface area (Å²) in [5.41, 5.74) is 0. The summed E-state index contributed by atoms with van der Waals surface area (Å²) in [6.45, 7) is 4.61. The van der Waals surface area contributed by atoms with Crippen LogP contribution in [0.5, 0.6) is 0 Å². The third kappa shape index (κ3) is 4.19. The first-order chi connectivity index (χ1) is 2.77. The van der Waals surface area contributed by atoms with Crippen molar-refractivity contribution in [2.45, 2.75) is 13.8 Å². The van der Waals surface area contributed by atoms with E-state index in [4.69, 9.17) is 4.74 Å². The van der Waals surface area contributed by atoms with Crippen LogP contribution in [0.3, 0.4) is 0 Å². The molecular weight excluding hydrogens is 143 g/mol. The molecule has 0 radical (unpaired) electrons. The fourth-order valence-electron chi connectivity index (χ4n) is 0.203. The minimum absolute atomic E-state index is 0.763. The molecule has 36 valence electrons. The van der Waals surface area contributed by atoms with Crippen molar-refractivity contribution in [3.8, 4) is 0 Å². The topological polar surface area (TPSA) is 9.23 Å². The van der Waals surface area contributed by atoms with Crippen molar-refractivity contribution in [2.75, 3.05) is 6.61 Å². The van der Waals surface area contributed by atoms with Gasteiger partial charge in [0.2, 0.25) is 0 Å². The zero-order valence-corrected chi connectivity index (χ0v) is 5.74. The molecule has 0 aliphatic heterocycles. The molecule has 0 N–H and O–H groups in total. The van der Waals surface area contributed by atoms with E-state index < -0.39 is 0 Å². The molecule has 0 unspecified atom stereocenters. The molecule has 0 spiro atoms. The number of rotatable bonds is 2. The van der Waals surface area contributed by atoms with Crippen LogP contribution in [0.4, 0.5) is 0 Å². The Bertz CT molecular complexity index is 51.5. The van der Waals surface area contributed by atoms with Crippen LogP contribution in [0.2, 0.25) is 0 Å². The quantitative estimate of drug-likeness (QED) is 0.517. The predicted molar refractivity (Wildman–Crippen MR) is 28.1 cm³/mol. The molecule has 1 nitrogen and oxygen atoms in total. The van der Waals surface area contributed by atoms with Crippen LogP contribution in [0.25, 0.3) is 0 Å². The van der Waals surface area contributed by atoms with Crippen molar-refractivity contribution in [1.29, 1.82) is 0 Å². The molecule has 0 aromatic heterocycles. The molecule has 0 aromatic carbocycles. The van der Waals surface area contributed by atoms with Gasteiger partial charge in [0, 0.05) is 0 Å². The molecule has 0 rings (SSSR count). The molecule has 0 saturated heterocycles. The zero-order chi connectivity index (χ0) is 4.99. The van der Waals surface area contributed by atoms with Crippen LogP contribution in [-0.4, -0.2) is 26.8 Å². The van der Waals surface area contributed by atoms with E-state index in [0.29, 0.717) is 0 Å². The van der Waals surface area contributed by atoms with Gasteiger partial charge in [0.15, 0.2) is 0 Å². The Hall–Kier alpha value is 0.189. The van der Waals surface area contributed by atoms with Gasteiger partial charge in [-0.15, -0.1) is 0 Å². The second-order valence-corrected chi connectivity index (χ2v) is 2.13. The Morgan fingerprint density at radius 2 is 2.33 bits per heavy atom. The van der Waals surface area contributed by atoms with Gasteiger partial charge < -0.3 is 0 Å². The fraction of sp³-hybridized carbons (Fsp3) is 0.750. The first-order valence-corrected chi connectivity index (χ1v) is 2.76. The van der Waals surface area contributed by atoms with Gasteiger partial charge in [0.25, 0.3) is 0 Å². The molecule has 0 aliphatic rings. The molecule has 0 aliphatic carbocycles. The first kappa shape index (κ1) is 6.19. The maximum absolute atomic E-state index is 4.90. The molecule has 0 aromatic rings. The summed E-state index contributed by atoms with van der Waals surface area (Å²) in [5, 5.41) is 0. The molecule has 0 bridgehead atoms. The zero-order valence-electron chi connectivity index (χ0n) is 4.02. The molecule has 0 fully saturated rings. The van der Waals surface area contributed by atoms with Crippen LogP contribution >= 0.6 is 0 Å². The number of hydrogen-bond acceptors (Lipinski definition) is 1.